The average molecular weight is 464 g/mol. The van der Waals surface area contributed by atoms with Gasteiger partial charge in [-0.1, -0.05) is 6.07 Å². The van der Waals surface area contributed by atoms with Gasteiger partial charge in [0.25, 0.3) is 0 Å². The van der Waals surface area contributed by atoms with Crippen molar-refractivity contribution in [1.82, 2.24) is 14.5 Å². The number of piperazine rings is 1. The molecule has 0 radical (unpaired) electrons. The van der Waals surface area contributed by atoms with Crippen molar-refractivity contribution in [2.45, 2.75) is 6.42 Å². The number of nitrogens with zero attached hydrogens (tertiary/aromatic N) is 5. The molecule has 0 saturated carbocycles. The molecule has 2 aliphatic heterocycles. The van der Waals surface area contributed by atoms with Gasteiger partial charge in [-0.05, 0) is 36.4 Å². The van der Waals surface area contributed by atoms with Crippen molar-refractivity contribution in [1.29, 1.82) is 0 Å². The fourth-order valence-electron chi connectivity index (χ4n) is 4.62. The first-order chi connectivity index (χ1) is 16.5. The van der Waals surface area contributed by atoms with Crippen molar-refractivity contribution < 1.29 is 18.7 Å². The topological polar surface area (TPSA) is 70.9 Å². The summed E-state index contributed by atoms with van der Waals surface area (Å²) < 4.78 is 20.6. The number of methoxy groups -OCH3 is 1. The molecule has 176 valence electrons. The quantitative estimate of drug-likeness (QED) is 0.582. The summed E-state index contributed by atoms with van der Waals surface area (Å²) in [6, 6.07) is 13.6. The summed E-state index contributed by atoms with van der Waals surface area (Å²) in [5.41, 5.74) is 1.58. The molecule has 0 N–H and O–H groups in total. The van der Waals surface area contributed by atoms with Gasteiger partial charge in [-0.25, -0.2) is 9.37 Å². The van der Waals surface area contributed by atoms with Crippen molar-refractivity contribution in [2.75, 3.05) is 49.6 Å². The van der Waals surface area contributed by atoms with Gasteiger partial charge in [0.15, 0.2) is 0 Å². The SMILES string of the molecule is COc1cccc(-n2ccnc2N2CCN(C(=O)C3CC(=O)N(c4ccc(F)cc4)C3)CC2)c1. The van der Waals surface area contributed by atoms with Crippen molar-refractivity contribution in [3.05, 3.63) is 66.7 Å². The third kappa shape index (κ3) is 4.21. The maximum Gasteiger partial charge on any atom is 0.228 e. The molecule has 2 amide bonds. The average Bonchev–Trinajstić information content (AvgIpc) is 3.51. The van der Waals surface area contributed by atoms with Crippen LogP contribution in [-0.4, -0.2) is 66.1 Å². The van der Waals surface area contributed by atoms with Crippen LogP contribution in [0.15, 0.2) is 60.9 Å². The van der Waals surface area contributed by atoms with E-state index in [4.69, 9.17) is 4.74 Å². The second-order valence-electron chi connectivity index (χ2n) is 8.49. The van der Waals surface area contributed by atoms with Gasteiger partial charge in [-0.3, -0.25) is 14.2 Å². The van der Waals surface area contributed by atoms with E-state index in [0.29, 0.717) is 38.4 Å². The summed E-state index contributed by atoms with van der Waals surface area (Å²) in [5.74, 6) is 0.737. The normalized spacial score (nSPS) is 18.5. The highest BCUT2D eigenvalue weighted by atomic mass is 19.1. The Morgan fingerprint density at radius 2 is 1.82 bits per heavy atom. The van der Waals surface area contributed by atoms with Crippen LogP contribution in [0.5, 0.6) is 5.75 Å². The summed E-state index contributed by atoms with van der Waals surface area (Å²) in [5, 5.41) is 0. The zero-order chi connectivity index (χ0) is 23.7. The Bertz CT molecular complexity index is 1190. The summed E-state index contributed by atoms with van der Waals surface area (Å²) in [6.45, 7) is 2.74. The van der Waals surface area contributed by atoms with Crippen molar-refractivity contribution in [3.8, 4) is 11.4 Å². The summed E-state index contributed by atoms with van der Waals surface area (Å²) in [7, 11) is 1.64. The predicted molar refractivity (Wildman–Crippen MR) is 126 cm³/mol. The molecule has 9 heteroatoms. The van der Waals surface area contributed by atoms with E-state index in [9.17, 15) is 14.0 Å². The molecular formula is C25H26FN5O3. The standard InChI is InChI=1S/C25H26FN5O3/c1-34-22-4-2-3-21(16-22)30-10-9-27-25(30)29-13-11-28(12-14-29)24(33)18-15-23(32)31(17-18)20-7-5-19(26)6-8-20/h2-10,16,18H,11-15,17H2,1H3. The highest BCUT2D eigenvalue weighted by Gasteiger charge is 2.38. The van der Waals surface area contributed by atoms with Crippen molar-refractivity contribution in [3.63, 3.8) is 0 Å². The lowest BCUT2D eigenvalue weighted by atomic mass is 10.1. The fraction of sp³-hybridized carbons (Fsp3) is 0.320. The first kappa shape index (κ1) is 21.9. The molecule has 3 heterocycles. The highest BCUT2D eigenvalue weighted by Crippen LogP contribution is 2.28. The molecule has 34 heavy (non-hydrogen) atoms. The number of ether oxygens (including phenoxy) is 1. The monoisotopic (exact) mass is 463 g/mol. The summed E-state index contributed by atoms with van der Waals surface area (Å²) >= 11 is 0. The minimum absolute atomic E-state index is 0.00579. The van der Waals surface area contributed by atoms with Gasteiger partial charge in [0.05, 0.1) is 18.7 Å². The second kappa shape index (κ2) is 9.17. The molecule has 1 atom stereocenters. The lowest BCUT2D eigenvalue weighted by Gasteiger charge is -2.36. The highest BCUT2D eigenvalue weighted by molar-refractivity contribution is 6.00. The smallest absolute Gasteiger partial charge is 0.228 e. The summed E-state index contributed by atoms with van der Waals surface area (Å²) in [4.78, 5) is 35.8. The van der Waals surface area contributed by atoms with E-state index in [0.717, 1.165) is 17.4 Å². The zero-order valence-corrected chi connectivity index (χ0v) is 18.9. The Kier molecular flexibility index (Phi) is 5.91. The van der Waals surface area contributed by atoms with Gasteiger partial charge < -0.3 is 19.4 Å². The minimum atomic E-state index is -0.386. The number of hydrogen-bond donors (Lipinski definition) is 0. The number of benzene rings is 2. The maximum atomic E-state index is 13.2. The van der Waals surface area contributed by atoms with E-state index >= 15 is 0 Å². The van der Waals surface area contributed by atoms with Gasteiger partial charge in [-0.2, -0.15) is 0 Å². The molecule has 8 nitrogen and oxygen atoms in total. The molecule has 0 aliphatic carbocycles. The van der Waals surface area contributed by atoms with Crippen LogP contribution in [0, 0.1) is 11.7 Å². The Morgan fingerprint density at radius 1 is 1.06 bits per heavy atom. The van der Waals surface area contributed by atoms with Gasteiger partial charge >= 0.3 is 0 Å². The molecule has 2 fully saturated rings. The van der Waals surface area contributed by atoms with E-state index in [1.807, 2.05) is 39.9 Å². The molecule has 0 bridgehead atoms. The molecule has 1 unspecified atom stereocenters. The molecule has 3 aromatic rings. The van der Waals surface area contributed by atoms with E-state index < -0.39 is 0 Å². The van der Waals surface area contributed by atoms with Crippen LogP contribution >= 0.6 is 0 Å². The van der Waals surface area contributed by atoms with Crippen molar-refractivity contribution >= 4 is 23.5 Å². The van der Waals surface area contributed by atoms with Gasteiger partial charge in [0.1, 0.15) is 11.6 Å². The number of hydrogen-bond acceptors (Lipinski definition) is 5. The molecule has 5 rings (SSSR count). The Hall–Kier alpha value is -3.88. The fourth-order valence-corrected chi connectivity index (χ4v) is 4.62. The van der Waals surface area contributed by atoms with Crippen LogP contribution < -0.4 is 14.5 Å². The first-order valence-corrected chi connectivity index (χ1v) is 11.3. The molecule has 1 aromatic heterocycles. The molecule has 2 aliphatic rings. The van der Waals surface area contributed by atoms with Crippen LogP contribution in [0.3, 0.4) is 0 Å². The zero-order valence-electron chi connectivity index (χ0n) is 18.9. The second-order valence-corrected chi connectivity index (χ2v) is 8.49. The first-order valence-electron chi connectivity index (χ1n) is 11.3. The van der Waals surface area contributed by atoms with Gasteiger partial charge in [-0.15, -0.1) is 0 Å². The molecule has 0 spiro atoms. The summed E-state index contributed by atoms with van der Waals surface area (Å²) in [6.07, 6.45) is 3.85. The van der Waals surface area contributed by atoms with E-state index in [1.165, 1.54) is 12.1 Å². The third-order valence-electron chi connectivity index (χ3n) is 6.44. The number of amides is 2. The van der Waals surface area contributed by atoms with Gasteiger partial charge in [0.2, 0.25) is 17.8 Å². The third-order valence-corrected chi connectivity index (χ3v) is 6.44. The van der Waals surface area contributed by atoms with Crippen LogP contribution in [0.1, 0.15) is 6.42 Å². The number of imidazole rings is 1. The lowest BCUT2D eigenvalue weighted by molar-refractivity contribution is -0.136. The number of anilines is 2. The number of rotatable bonds is 5. The lowest BCUT2D eigenvalue weighted by Crippen LogP contribution is -2.51. The Morgan fingerprint density at radius 3 is 2.56 bits per heavy atom. The van der Waals surface area contributed by atoms with Crippen LogP contribution in [0.4, 0.5) is 16.0 Å². The number of carbonyl (C=O) groups excluding carboxylic acids is 2. The van der Waals surface area contributed by atoms with E-state index in [2.05, 4.69) is 9.88 Å². The molecule has 2 saturated heterocycles. The van der Waals surface area contributed by atoms with E-state index in [-0.39, 0.29) is 30.0 Å². The van der Waals surface area contributed by atoms with E-state index in [1.54, 1.807) is 30.3 Å². The maximum absolute atomic E-state index is 13.2. The van der Waals surface area contributed by atoms with Crippen LogP contribution in [-0.2, 0) is 9.59 Å². The Balaban J connectivity index is 1.22. The number of halogens is 1. The molecule has 2 aromatic carbocycles. The minimum Gasteiger partial charge on any atom is -0.497 e. The largest absolute Gasteiger partial charge is 0.497 e. The van der Waals surface area contributed by atoms with Gasteiger partial charge in [0, 0.05) is 63.3 Å². The number of aromatic nitrogens is 2. The number of carbonyl (C=O) groups is 2. The predicted octanol–water partition coefficient (Wildman–Crippen LogP) is 2.72. The Labute approximate surface area is 197 Å². The molecular weight excluding hydrogens is 437 g/mol. The van der Waals surface area contributed by atoms with Crippen molar-refractivity contribution in [2.24, 2.45) is 5.92 Å². The van der Waals surface area contributed by atoms with Crippen LogP contribution in [0.25, 0.3) is 5.69 Å². The van der Waals surface area contributed by atoms with Crippen LogP contribution in [0.2, 0.25) is 0 Å².